The third-order valence-corrected chi connectivity index (χ3v) is 8.23. The zero-order valence-corrected chi connectivity index (χ0v) is 27.3. The van der Waals surface area contributed by atoms with Gasteiger partial charge in [0.15, 0.2) is 11.5 Å². The number of hydrogen-bond donors (Lipinski definition) is 4. The SMILES string of the molecule is COc1cc2c(c(OC)c1OC)-c1ccc(NCCCCCC(=O)NC(Cc3ccccc3)C(=O)O)c(=O)cc1C(NC(C)=O)CC2. The highest BCUT2D eigenvalue weighted by molar-refractivity contribution is 5.84. The molecule has 0 radical (unpaired) electrons. The third-order valence-electron chi connectivity index (χ3n) is 8.23. The first-order valence-corrected chi connectivity index (χ1v) is 15.7. The number of carbonyl (C=O) groups is 3. The van der Waals surface area contributed by atoms with E-state index in [4.69, 9.17) is 14.2 Å². The van der Waals surface area contributed by atoms with Gasteiger partial charge in [0.05, 0.1) is 33.1 Å². The van der Waals surface area contributed by atoms with Crippen LogP contribution in [0.4, 0.5) is 5.69 Å². The van der Waals surface area contributed by atoms with Crippen molar-refractivity contribution < 1.29 is 33.7 Å². The molecule has 0 spiro atoms. The number of unbranched alkanes of at least 4 members (excludes halogenated alkanes) is 2. The molecule has 0 aliphatic heterocycles. The van der Waals surface area contributed by atoms with Crippen molar-refractivity contribution in [2.75, 3.05) is 33.2 Å². The average Bonchev–Trinajstić information content (AvgIpc) is 3.29. The predicted octanol–water partition coefficient (Wildman–Crippen LogP) is 4.65. The van der Waals surface area contributed by atoms with Crippen LogP contribution in [-0.2, 0) is 27.2 Å². The van der Waals surface area contributed by atoms with E-state index in [0.717, 1.165) is 22.3 Å². The van der Waals surface area contributed by atoms with Crippen molar-refractivity contribution in [1.82, 2.24) is 10.6 Å². The van der Waals surface area contributed by atoms with Crippen LogP contribution in [0.15, 0.2) is 59.4 Å². The number of methoxy groups -OCH3 is 3. The fourth-order valence-electron chi connectivity index (χ4n) is 5.98. The van der Waals surface area contributed by atoms with Gasteiger partial charge in [-0.1, -0.05) is 42.8 Å². The smallest absolute Gasteiger partial charge is 0.326 e. The van der Waals surface area contributed by atoms with E-state index in [1.807, 2.05) is 42.5 Å². The molecule has 11 heteroatoms. The topological polar surface area (TPSA) is 152 Å². The van der Waals surface area contributed by atoms with Crippen molar-refractivity contribution in [3.8, 4) is 28.4 Å². The molecule has 4 N–H and O–H groups in total. The Kier molecular flexibility index (Phi) is 12.2. The quantitative estimate of drug-likeness (QED) is 0.173. The zero-order valence-electron chi connectivity index (χ0n) is 27.3. The minimum atomic E-state index is -1.07. The summed E-state index contributed by atoms with van der Waals surface area (Å²) < 4.78 is 17.1. The maximum absolute atomic E-state index is 13.5. The second-order valence-electron chi connectivity index (χ2n) is 11.5. The van der Waals surface area contributed by atoms with Crippen molar-refractivity contribution >= 4 is 23.5 Å². The number of aliphatic carboxylic acids is 1. The number of hydrogen-bond acceptors (Lipinski definition) is 8. The van der Waals surface area contributed by atoms with E-state index in [0.29, 0.717) is 67.1 Å². The lowest BCUT2D eigenvalue weighted by Gasteiger charge is -2.19. The van der Waals surface area contributed by atoms with Crippen molar-refractivity contribution in [3.05, 3.63) is 81.5 Å². The van der Waals surface area contributed by atoms with Gasteiger partial charge in [-0.05, 0) is 66.1 Å². The molecule has 1 aliphatic carbocycles. The summed E-state index contributed by atoms with van der Waals surface area (Å²) in [4.78, 5) is 49.8. The van der Waals surface area contributed by atoms with Crippen LogP contribution < -0.4 is 35.6 Å². The summed E-state index contributed by atoms with van der Waals surface area (Å²) in [5.41, 5.74) is 4.18. The van der Waals surface area contributed by atoms with Crippen LogP contribution in [0.1, 0.15) is 61.8 Å². The van der Waals surface area contributed by atoms with Gasteiger partial charge in [0.1, 0.15) is 6.04 Å². The van der Waals surface area contributed by atoms with E-state index in [-0.39, 0.29) is 30.1 Å². The lowest BCUT2D eigenvalue weighted by Crippen LogP contribution is -2.42. The number of anilines is 1. The second kappa shape index (κ2) is 16.5. The van der Waals surface area contributed by atoms with E-state index in [2.05, 4.69) is 16.0 Å². The fourth-order valence-corrected chi connectivity index (χ4v) is 5.98. The number of carbonyl (C=O) groups excluding carboxylic acids is 2. The van der Waals surface area contributed by atoms with Gasteiger partial charge < -0.3 is 35.3 Å². The largest absolute Gasteiger partial charge is 0.493 e. The average molecular weight is 646 g/mol. The lowest BCUT2D eigenvalue weighted by atomic mass is 9.95. The molecular formula is C36H43N3O8. The van der Waals surface area contributed by atoms with Crippen molar-refractivity contribution in [1.29, 1.82) is 0 Å². The normalized spacial score (nSPS) is 14.0. The molecule has 2 atom stereocenters. The first-order valence-electron chi connectivity index (χ1n) is 15.7. The Morgan fingerprint density at radius 1 is 0.936 bits per heavy atom. The molecule has 0 fully saturated rings. The van der Waals surface area contributed by atoms with E-state index in [9.17, 15) is 24.3 Å². The summed E-state index contributed by atoms with van der Waals surface area (Å²) in [6, 6.07) is 14.9. The molecule has 1 aliphatic rings. The minimum Gasteiger partial charge on any atom is -0.493 e. The molecule has 3 aromatic rings. The standard InChI is InChI=1S/C36H43N3O8/c1-22(40)38-27-16-14-24-20-31(45-2)34(46-3)35(47-4)33(24)25-15-17-28(30(41)21-26(25)27)37-18-10-6-9-13-32(42)39-29(36(43)44)19-23-11-7-5-8-12-23/h5,7-8,11-12,15,17,20-21,27,29H,6,9-10,13-14,16,18-19H2,1-4H3,(H,37,41)(H,38,40)(H,39,42)(H,43,44). The van der Waals surface area contributed by atoms with Crippen molar-refractivity contribution in [3.63, 3.8) is 0 Å². The van der Waals surface area contributed by atoms with Crippen LogP contribution in [0.3, 0.4) is 0 Å². The van der Waals surface area contributed by atoms with Gasteiger partial charge in [0.2, 0.25) is 23.0 Å². The third kappa shape index (κ3) is 8.81. The zero-order chi connectivity index (χ0) is 33.9. The molecule has 47 heavy (non-hydrogen) atoms. The summed E-state index contributed by atoms with van der Waals surface area (Å²) in [5.74, 6) is -0.127. The number of ether oxygens (including phenoxy) is 3. The molecule has 0 bridgehead atoms. The predicted molar refractivity (Wildman–Crippen MR) is 179 cm³/mol. The Balaban J connectivity index is 1.45. The van der Waals surface area contributed by atoms with Crippen molar-refractivity contribution in [2.24, 2.45) is 0 Å². The number of amides is 2. The molecule has 3 aromatic carbocycles. The van der Waals surface area contributed by atoms with Crippen LogP contribution in [0.2, 0.25) is 0 Å². The van der Waals surface area contributed by atoms with Crippen LogP contribution >= 0.6 is 0 Å². The van der Waals surface area contributed by atoms with Gasteiger partial charge in [-0.15, -0.1) is 0 Å². The van der Waals surface area contributed by atoms with Crippen molar-refractivity contribution in [2.45, 2.75) is 64.0 Å². The number of fused-ring (bicyclic) bond motifs is 3. The fraction of sp³-hybridized carbons (Fsp3) is 0.389. The van der Waals surface area contributed by atoms with E-state index < -0.39 is 18.1 Å². The number of rotatable bonds is 15. The van der Waals surface area contributed by atoms with Gasteiger partial charge in [-0.25, -0.2) is 4.79 Å². The molecule has 0 heterocycles. The number of carboxylic acids is 1. The number of carboxylic acid groups (broad SMARTS) is 1. The van der Waals surface area contributed by atoms with Crippen LogP contribution in [0.25, 0.3) is 11.1 Å². The Morgan fingerprint density at radius 2 is 1.68 bits per heavy atom. The Labute approximate surface area is 274 Å². The van der Waals surface area contributed by atoms with E-state index in [1.54, 1.807) is 33.5 Å². The molecule has 0 saturated heterocycles. The summed E-state index contributed by atoms with van der Waals surface area (Å²) in [7, 11) is 4.66. The highest BCUT2D eigenvalue weighted by Crippen LogP contribution is 2.50. The molecule has 250 valence electrons. The molecule has 2 amide bonds. The van der Waals surface area contributed by atoms with Gasteiger partial charge in [0, 0.05) is 31.9 Å². The maximum atomic E-state index is 13.5. The molecule has 0 saturated carbocycles. The van der Waals surface area contributed by atoms with Crippen LogP contribution in [0, 0.1) is 0 Å². The Morgan fingerprint density at radius 3 is 2.34 bits per heavy atom. The highest BCUT2D eigenvalue weighted by atomic mass is 16.5. The molecule has 2 unspecified atom stereocenters. The second-order valence-corrected chi connectivity index (χ2v) is 11.5. The maximum Gasteiger partial charge on any atom is 0.326 e. The Bertz CT molecular complexity index is 1640. The van der Waals surface area contributed by atoms with Gasteiger partial charge in [0.25, 0.3) is 0 Å². The Hall–Kier alpha value is -5.06. The first kappa shape index (κ1) is 34.8. The van der Waals surface area contributed by atoms with Crippen LogP contribution in [0.5, 0.6) is 17.2 Å². The molecule has 0 aromatic heterocycles. The molecule has 11 nitrogen and oxygen atoms in total. The van der Waals surface area contributed by atoms with Gasteiger partial charge in [-0.3, -0.25) is 14.4 Å². The van der Waals surface area contributed by atoms with Crippen LogP contribution in [-0.4, -0.2) is 56.8 Å². The van der Waals surface area contributed by atoms with E-state index >= 15 is 0 Å². The lowest BCUT2D eigenvalue weighted by molar-refractivity contribution is -0.141. The summed E-state index contributed by atoms with van der Waals surface area (Å²) in [6.07, 6.45) is 3.57. The van der Waals surface area contributed by atoms with Gasteiger partial charge in [-0.2, -0.15) is 0 Å². The monoisotopic (exact) mass is 645 g/mol. The van der Waals surface area contributed by atoms with E-state index in [1.165, 1.54) is 6.92 Å². The summed E-state index contributed by atoms with van der Waals surface area (Å²) in [6.45, 7) is 1.95. The summed E-state index contributed by atoms with van der Waals surface area (Å²) >= 11 is 0. The number of benzene rings is 2. The van der Waals surface area contributed by atoms with Gasteiger partial charge >= 0.3 is 5.97 Å². The molecule has 4 rings (SSSR count). The summed E-state index contributed by atoms with van der Waals surface area (Å²) in [5, 5.41) is 18.4. The molecular weight excluding hydrogens is 602 g/mol. The number of aryl methyl sites for hydroxylation is 1. The first-order chi connectivity index (χ1) is 22.7. The minimum absolute atomic E-state index is 0.199. The highest BCUT2D eigenvalue weighted by Gasteiger charge is 2.29. The number of nitrogens with one attached hydrogen (secondary N) is 3.